The van der Waals surface area contributed by atoms with Crippen LogP contribution in [0.5, 0.6) is 11.5 Å². The second-order valence-corrected chi connectivity index (χ2v) is 5.41. The molecule has 0 fully saturated rings. The third-order valence-corrected chi connectivity index (χ3v) is 3.46. The summed E-state index contributed by atoms with van der Waals surface area (Å²) in [5, 5.41) is 2.82. The molecular formula is C18H21FN2O3. The number of halogens is 1. The van der Waals surface area contributed by atoms with Gasteiger partial charge in [0, 0.05) is 12.6 Å². The third kappa shape index (κ3) is 4.96. The Kier molecular flexibility index (Phi) is 6.14. The number of nitrogens with zero attached hydrogens (tertiary/aromatic N) is 1. The van der Waals surface area contributed by atoms with Crippen LogP contribution in [0.4, 0.5) is 10.1 Å². The summed E-state index contributed by atoms with van der Waals surface area (Å²) in [5.74, 6) is 0.742. The molecule has 0 aromatic heterocycles. The standard InChI is InChI=1S/C18H21FN2O3/c1-21(11-13-4-6-14(19)7-5-13)12-18(22)20-16-10-15(23-2)8-9-17(16)24-3/h4-10H,11-12H2,1-3H3,(H,20,22). The van der Waals surface area contributed by atoms with E-state index in [-0.39, 0.29) is 18.3 Å². The van der Waals surface area contributed by atoms with E-state index in [1.807, 2.05) is 11.9 Å². The Morgan fingerprint density at radius 3 is 2.46 bits per heavy atom. The number of rotatable bonds is 7. The molecule has 24 heavy (non-hydrogen) atoms. The fourth-order valence-corrected chi connectivity index (χ4v) is 2.30. The van der Waals surface area contributed by atoms with E-state index in [1.54, 1.807) is 37.4 Å². The molecule has 2 aromatic carbocycles. The molecule has 2 aromatic rings. The number of hydrogen-bond acceptors (Lipinski definition) is 4. The van der Waals surface area contributed by atoms with Gasteiger partial charge in [-0.25, -0.2) is 4.39 Å². The maximum absolute atomic E-state index is 12.9. The molecule has 5 nitrogen and oxygen atoms in total. The van der Waals surface area contributed by atoms with E-state index in [1.165, 1.54) is 19.2 Å². The van der Waals surface area contributed by atoms with E-state index in [4.69, 9.17) is 9.47 Å². The summed E-state index contributed by atoms with van der Waals surface area (Å²) in [6, 6.07) is 11.4. The van der Waals surface area contributed by atoms with Crippen molar-refractivity contribution in [3.8, 4) is 11.5 Å². The number of benzene rings is 2. The smallest absolute Gasteiger partial charge is 0.238 e. The van der Waals surface area contributed by atoms with Crippen molar-refractivity contribution in [2.24, 2.45) is 0 Å². The molecule has 128 valence electrons. The highest BCUT2D eigenvalue weighted by molar-refractivity contribution is 5.93. The Labute approximate surface area is 141 Å². The number of hydrogen-bond donors (Lipinski definition) is 1. The molecule has 1 amide bonds. The predicted molar refractivity (Wildman–Crippen MR) is 90.9 cm³/mol. The van der Waals surface area contributed by atoms with E-state index in [0.717, 1.165) is 5.56 Å². The molecule has 6 heteroatoms. The number of amides is 1. The van der Waals surface area contributed by atoms with Crippen LogP contribution in [0.1, 0.15) is 5.56 Å². The number of likely N-dealkylation sites (N-methyl/N-ethyl adjacent to an activating group) is 1. The minimum absolute atomic E-state index is 0.175. The maximum atomic E-state index is 12.9. The summed E-state index contributed by atoms with van der Waals surface area (Å²) in [6.45, 7) is 0.737. The molecule has 0 radical (unpaired) electrons. The van der Waals surface area contributed by atoms with Gasteiger partial charge in [0.2, 0.25) is 5.91 Å². The first kappa shape index (κ1) is 17.7. The Bertz CT molecular complexity index is 689. The van der Waals surface area contributed by atoms with Crippen LogP contribution in [0.25, 0.3) is 0 Å². The molecule has 1 N–H and O–H groups in total. The van der Waals surface area contributed by atoms with Gasteiger partial charge in [0.1, 0.15) is 17.3 Å². The molecule has 0 saturated carbocycles. The van der Waals surface area contributed by atoms with Crippen molar-refractivity contribution in [1.29, 1.82) is 0 Å². The second kappa shape index (κ2) is 8.31. The lowest BCUT2D eigenvalue weighted by Crippen LogP contribution is -2.30. The zero-order valence-electron chi connectivity index (χ0n) is 14.0. The molecule has 0 spiro atoms. The number of nitrogens with one attached hydrogen (secondary N) is 1. The highest BCUT2D eigenvalue weighted by Crippen LogP contribution is 2.28. The summed E-state index contributed by atoms with van der Waals surface area (Å²) in [6.07, 6.45) is 0. The highest BCUT2D eigenvalue weighted by atomic mass is 19.1. The van der Waals surface area contributed by atoms with Gasteiger partial charge in [-0.05, 0) is 36.9 Å². The lowest BCUT2D eigenvalue weighted by atomic mass is 10.2. The summed E-state index contributed by atoms with van der Waals surface area (Å²) in [5.41, 5.74) is 1.49. The third-order valence-electron chi connectivity index (χ3n) is 3.46. The van der Waals surface area contributed by atoms with Crippen LogP contribution in [0, 0.1) is 5.82 Å². The largest absolute Gasteiger partial charge is 0.497 e. The van der Waals surface area contributed by atoms with Crippen molar-refractivity contribution in [3.05, 3.63) is 53.8 Å². The van der Waals surface area contributed by atoms with Crippen LogP contribution < -0.4 is 14.8 Å². The average molecular weight is 332 g/mol. The van der Waals surface area contributed by atoms with E-state index >= 15 is 0 Å². The maximum Gasteiger partial charge on any atom is 0.238 e. The molecule has 2 rings (SSSR count). The first-order valence-corrected chi connectivity index (χ1v) is 7.46. The number of methoxy groups -OCH3 is 2. The zero-order valence-corrected chi connectivity index (χ0v) is 14.0. The van der Waals surface area contributed by atoms with E-state index in [2.05, 4.69) is 5.32 Å². The molecule has 0 atom stereocenters. The Balaban J connectivity index is 1.96. The molecule has 0 aliphatic carbocycles. The van der Waals surface area contributed by atoms with Crippen LogP contribution >= 0.6 is 0 Å². The van der Waals surface area contributed by atoms with Crippen LogP contribution in [0.2, 0.25) is 0 Å². The van der Waals surface area contributed by atoms with Crippen molar-refractivity contribution >= 4 is 11.6 Å². The predicted octanol–water partition coefficient (Wildman–Crippen LogP) is 2.91. The van der Waals surface area contributed by atoms with Crippen LogP contribution in [-0.2, 0) is 11.3 Å². The molecule has 0 aliphatic rings. The van der Waals surface area contributed by atoms with E-state index in [9.17, 15) is 9.18 Å². The summed E-state index contributed by atoms with van der Waals surface area (Å²) in [7, 11) is 4.92. The molecule has 0 aliphatic heterocycles. The summed E-state index contributed by atoms with van der Waals surface area (Å²) < 4.78 is 23.3. The number of carbonyl (C=O) groups excluding carboxylic acids is 1. The van der Waals surface area contributed by atoms with Gasteiger partial charge in [-0.15, -0.1) is 0 Å². The van der Waals surface area contributed by atoms with Crippen molar-refractivity contribution in [1.82, 2.24) is 4.90 Å². The lowest BCUT2D eigenvalue weighted by Gasteiger charge is -2.17. The average Bonchev–Trinajstić information content (AvgIpc) is 2.56. The van der Waals surface area contributed by atoms with Crippen molar-refractivity contribution in [3.63, 3.8) is 0 Å². The van der Waals surface area contributed by atoms with E-state index in [0.29, 0.717) is 23.7 Å². The van der Waals surface area contributed by atoms with Gasteiger partial charge in [0.25, 0.3) is 0 Å². The van der Waals surface area contributed by atoms with Crippen LogP contribution in [0.15, 0.2) is 42.5 Å². The molecular weight excluding hydrogens is 311 g/mol. The number of anilines is 1. The Hall–Kier alpha value is -2.60. The normalized spacial score (nSPS) is 10.5. The van der Waals surface area contributed by atoms with Gasteiger partial charge in [0.15, 0.2) is 0 Å². The molecule has 0 saturated heterocycles. The van der Waals surface area contributed by atoms with Gasteiger partial charge in [0.05, 0.1) is 26.5 Å². The van der Waals surface area contributed by atoms with Crippen LogP contribution in [-0.4, -0.2) is 38.6 Å². The van der Waals surface area contributed by atoms with Crippen LogP contribution in [0.3, 0.4) is 0 Å². The summed E-state index contributed by atoms with van der Waals surface area (Å²) >= 11 is 0. The lowest BCUT2D eigenvalue weighted by molar-refractivity contribution is -0.117. The van der Waals surface area contributed by atoms with Crippen molar-refractivity contribution < 1.29 is 18.7 Å². The Morgan fingerprint density at radius 2 is 1.83 bits per heavy atom. The number of carbonyl (C=O) groups is 1. The first-order valence-electron chi connectivity index (χ1n) is 7.46. The van der Waals surface area contributed by atoms with Gasteiger partial charge >= 0.3 is 0 Å². The zero-order chi connectivity index (χ0) is 17.5. The number of ether oxygens (including phenoxy) is 2. The first-order chi connectivity index (χ1) is 11.5. The minimum atomic E-state index is -0.274. The molecule has 0 unspecified atom stereocenters. The monoisotopic (exact) mass is 332 g/mol. The van der Waals surface area contributed by atoms with Gasteiger partial charge in [-0.3, -0.25) is 9.69 Å². The fraction of sp³-hybridized carbons (Fsp3) is 0.278. The fourth-order valence-electron chi connectivity index (χ4n) is 2.30. The van der Waals surface area contributed by atoms with Crippen molar-refractivity contribution in [2.75, 3.05) is 33.1 Å². The van der Waals surface area contributed by atoms with Gasteiger partial charge < -0.3 is 14.8 Å². The van der Waals surface area contributed by atoms with Gasteiger partial charge in [-0.1, -0.05) is 12.1 Å². The quantitative estimate of drug-likeness (QED) is 0.847. The second-order valence-electron chi connectivity index (χ2n) is 5.41. The SMILES string of the molecule is COc1ccc(OC)c(NC(=O)CN(C)Cc2ccc(F)cc2)c1. The topological polar surface area (TPSA) is 50.8 Å². The van der Waals surface area contributed by atoms with Crippen molar-refractivity contribution in [2.45, 2.75) is 6.54 Å². The highest BCUT2D eigenvalue weighted by Gasteiger charge is 2.11. The molecule has 0 heterocycles. The summed E-state index contributed by atoms with van der Waals surface area (Å²) in [4.78, 5) is 14.1. The van der Waals surface area contributed by atoms with E-state index < -0.39 is 0 Å². The minimum Gasteiger partial charge on any atom is -0.497 e. The molecule has 0 bridgehead atoms. The van der Waals surface area contributed by atoms with Gasteiger partial charge in [-0.2, -0.15) is 0 Å². The Morgan fingerprint density at radius 1 is 1.12 bits per heavy atom.